The number of hydrogen-bond donors (Lipinski definition) is 1. The van der Waals surface area contributed by atoms with Gasteiger partial charge in [-0.25, -0.2) is 0 Å². The summed E-state index contributed by atoms with van der Waals surface area (Å²) >= 11 is 0. The zero-order valence-corrected chi connectivity index (χ0v) is 10.1. The Kier molecular flexibility index (Phi) is 3.75. The average Bonchev–Trinajstić information content (AvgIpc) is 2.28. The van der Waals surface area contributed by atoms with Gasteiger partial charge in [-0.1, -0.05) is 26.0 Å². The summed E-state index contributed by atoms with van der Waals surface area (Å²) in [5.74, 6) is 0.921. The number of aryl methyl sites for hydroxylation is 1. The van der Waals surface area contributed by atoms with Crippen LogP contribution in [0.4, 0.5) is 0 Å². The highest BCUT2D eigenvalue weighted by Crippen LogP contribution is 2.29. The Hall–Kier alpha value is -1.02. The zero-order valence-electron chi connectivity index (χ0n) is 10.1. The third kappa shape index (κ3) is 2.32. The molecule has 0 saturated carbocycles. The first kappa shape index (κ1) is 12.1. The van der Waals surface area contributed by atoms with Gasteiger partial charge in [-0.3, -0.25) is 0 Å². The lowest BCUT2D eigenvalue weighted by Gasteiger charge is -2.27. The summed E-state index contributed by atoms with van der Waals surface area (Å²) in [7, 11) is 1.70. The van der Waals surface area contributed by atoms with Crippen LogP contribution in [0.1, 0.15) is 37.8 Å². The van der Waals surface area contributed by atoms with Gasteiger partial charge in [0.2, 0.25) is 0 Å². The molecule has 1 aromatic rings. The van der Waals surface area contributed by atoms with Crippen molar-refractivity contribution in [3.05, 3.63) is 29.3 Å². The fourth-order valence-corrected chi connectivity index (χ4v) is 1.79. The van der Waals surface area contributed by atoms with E-state index in [1.54, 1.807) is 7.11 Å². The average molecular weight is 207 g/mol. The van der Waals surface area contributed by atoms with E-state index in [1.165, 1.54) is 0 Å². The molecule has 1 rings (SSSR count). The maximum Gasteiger partial charge on any atom is 0.122 e. The molecule has 2 nitrogen and oxygen atoms in total. The van der Waals surface area contributed by atoms with E-state index in [0.29, 0.717) is 0 Å². The van der Waals surface area contributed by atoms with Gasteiger partial charge in [-0.05, 0) is 37.0 Å². The third-order valence-electron chi connectivity index (χ3n) is 3.24. The van der Waals surface area contributed by atoms with Crippen molar-refractivity contribution in [1.29, 1.82) is 0 Å². The Morgan fingerprint density at radius 1 is 1.27 bits per heavy atom. The van der Waals surface area contributed by atoms with Crippen LogP contribution in [0, 0.1) is 6.92 Å². The molecule has 0 amide bonds. The standard InChI is InChI=1S/C13H21NO/c1-5-13(14,6-2)11-8-7-10(3)12(9-11)15-4/h7-9H,5-6,14H2,1-4H3. The van der Waals surface area contributed by atoms with Crippen LogP contribution < -0.4 is 10.5 Å². The minimum Gasteiger partial charge on any atom is -0.496 e. The number of nitrogens with two attached hydrogens (primary N) is 1. The van der Waals surface area contributed by atoms with Crippen LogP contribution in [-0.4, -0.2) is 7.11 Å². The van der Waals surface area contributed by atoms with Crippen LogP contribution >= 0.6 is 0 Å². The summed E-state index contributed by atoms with van der Waals surface area (Å²) in [5, 5.41) is 0. The number of rotatable bonds is 4. The lowest BCUT2D eigenvalue weighted by Crippen LogP contribution is -2.35. The topological polar surface area (TPSA) is 35.2 Å². The van der Waals surface area contributed by atoms with E-state index in [0.717, 1.165) is 29.7 Å². The predicted octanol–water partition coefficient (Wildman–Crippen LogP) is 2.98. The van der Waals surface area contributed by atoms with E-state index >= 15 is 0 Å². The Labute approximate surface area is 92.4 Å². The molecule has 0 aliphatic heterocycles. The van der Waals surface area contributed by atoms with E-state index in [1.807, 2.05) is 6.92 Å². The largest absolute Gasteiger partial charge is 0.496 e. The third-order valence-corrected chi connectivity index (χ3v) is 3.24. The molecule has 0 radical (unpaired) electrons. The van der Waals surface area contributed by atoms with Crippen molar-refractivity contribution in [2.24, 2.45) is 5.73 Å². The van der Waals surface area contributed by atoms with Gasteiger partial charge in [0.05, 0.1) is 7.11 Å². The van der Waals surface area contributed by atoms with Gasteiger partial charge in [-0.15, -0.1) is 0 Å². The summed E-state index contributed by atoms with van der Waals surface area (Å²) in [6.45, 7) is 6.28. The van der Waals surface area contributed by atoms with Gasteiger partial charge in [-0.2, -0.15) is 0 Å². The molecule has 0 aliphatic rings. The Morgan fingerprint density at radius 3 is 2.33 bits per heavy atom. The second kappa shape index (κ2) is 4.67. The first-order valence-electron chi connectivity index (χ1n) is 5.51. The van der Waals surface area contributed by atoms with E-state index in [9.17, 15) is 0 Å². The Balaban J connectivity index is 3.15. The van der Waals surface area contributed by atoms with Gasteiger partial charge in [0.15, 0.2) is 0 Å². The second-order valence-corrected chi connectivity index (χ2v) is 4.05. The molecule has 15 heavy (non-hydrogen) atoms. The number of ether oxygens (including phenoxy) is 1. The molecule has 84 valence electrons. The van der Waals surface area contributed by atoms with E-state index in [2.05, 4.69) is 32.0 Å². The van der Waals surface area contributed by atoms with Gasteiger partial charge >= 0.3 is 0 Å². The van der Waals surface area contributed by atoms with Crippen molar-refractivity contribution in [3.63, 3.8) is 0 Å². The summed E-state index contributed by atoms with van der Waals surface area (Å²) in [4.78, 5) is 0. The number of benzene rings is 1. The van der Waals surface area contributed by atoms with Gasteiger partial charge in [0.25, 0.3) is 0 Å². The maximum atomic E-state index is 6.34. The van der Waals surface area contributed by atoms with Crippen LogP contribution in [0.3, 0.4) is 0 Å². The molecule has 0 aromatic heterocycles. The molecule has 0 saturated heterocycles. The lowest BCUT2D eigenvalue weighted by molar-refractivity contribution is 0.394. The van der Waals surface area contributed by atoms with E-state index in [-0.39, 0.29) is 5.54 Å². The number of hydrogen-bond acceptors (Lipinski definition) is 2. The van der Waals surface area contributed by atoms with Crippen molar-refractivity contribution in [3.8, 4) is 5.75 Å². The molecule has 0 spiro atoms. The molecule has 0 fully saturated rings. The smallest absolute Gasteiger partial charge is 0.122 e. The van der Waals surface area contributed by atoms with Crippen molar-refractivity contribution in [2.75, 3.05) is 7.11 Å². The fourth-order valence-electron chi connectivity index (χ4n) is 1.79. The fraction of sp³-hybridized carbons (Fsp3) is 0.538. The van der Waals surface area contributed by atoms with Crippen molar-refractivity contribution >= 4 is 0 Å². The lowest BCUT2D eigenvalue weighted by atomic mass is 9.85. The van der Waals surface area contributed by atoms with E-state index in [4.69, 9.17) is 10.5 Å². The van der Waals surface area contributed by atoms with Gasteiger partial charge < -0.3 is 10.5 Å². The molecular weight excluding hydrogens is 186 g/mol. The predicted molar refractivity (Wildman–Crippen MR) is 64.2 cm³/mol. The van der Waals surface area contributed by atoms with Crippen molar-refractivity contribution in [1.82, 2.24) is 0 Å². The van der Waals surface area contributed by atoms with Crippen LogP contribution in [0.25, 0.3) is 0 Å². The van der Waals surface area contributed by atoms with Crippen LogP contribution in [-0.2, 0) is 5.54 Å². The number of methoxy groups -OCH3 is 1. The van der Waals surface area contributed by atoms with Crippen molar-refractivity contribution < 1.29 is 4.74 Å². The first-order chi connectivity index (χ1) is 7.07. The maximum absolute atomic E-state index is 6.34. The zero-order chi connectivity index (χ0) is 11.5. The highest BCUT2D eigenvalue weighted by Gasteiger charge is 2.23. The molecule has 2 N–H and O–H groups in total. The van der Waals surface area contributed by atoms with Gasteiger partial charge in [0, 0.05) is 5.54 Å². The SMILES string of the molecule is CCC(N)(CC)c1ccc(C)c(OC)c1. The van der Waals surface area contributed by atoms with Gasteiger partial charge in [0.1, 0.15) is 5.75 Å². The quantitative estimate of drug-likeness (QED) is 0.823. The monoisotopic (exact) mass is 207 g/mol. The Morgan fingerprint density at radius 2 is 1.87 bits per heavy atom. The molecule has 0 unspecified atom stereocenters. The summed E-state index contributed by atoms with van der Waals surface area (Å²) in [6.07, 6.45) is 1.88. The molecule has 1 aromatic carbocycles. The minimum absolute atomic E-state index is 0.221. The highest BCUT2D eigenvalue weighted by molar-refractivity contribution is 5.39. The van der Waals surface area contributed by atoms with Crippen LogP contribution in [0.2, 0.25) is 0 Å². The summed E-state index contributed by atoms with van der Waals surface area (Å²) < 4.78 is 5.31. The molecule has 0 heterocycles. The molecule has 0 atom stereocenters. The van der Waals surface area contributed by atoms with Crippen molar-refractivity contribution in [2.45, 2.75) is 39.2 Å². The molecule has 2 heteroatoms. The summed E-state index contributed by atoms with van der Waals surface area (Å²) in [5.41, 5.74) is 8.43. The van der Waals surface area contributed by atoms with Crippen LogP contribution in [0.15, 0.2) is 18.2 Å². The Bertz CT molecular complexity index is 329. The van der Waals surface area contributed by atoms with Crippen LogP contribution in [0.5, 0.6) is 5.75 Å². The normalized spacial score (nSPS) is 11.5. The second-order valence-electron chi connectivity index (χ2n) is 4.05. The molecule has 0 bridgehead atoms. The minimum atomic E-state index is -0.221. The van der Waals surface area contributed by atoms with E-state index < -0.39 is 0 Å². The highest BCUT2D eigenvalue weighted by atomic mass is 16.5. The molecule has 0 aliphatic carbocycles. The summed E-state index contributed by atoms with van der Waals surface area (Å²) in [6, 6.07) is 6.23. The molecular formula is C13H21NO. The first-order valence-corrected chi connectivity index (χ1v) is 5.51.